The van der Waals surface area contributed by atoms with Crippen molar-refractivity contribution in [2.75, 3.05) is 0 Å². The highest BCUT2D eigenvalue weighted by Crippen LogP contribution is 2.25. The zero-order valence-electron chi connectivity index (χ0n) is 16.3. The maximum atomic E-state index is 4.56. The summed E-state index contributed by atoms with van der Waals surface area (Å²) >= 11 is 0. The Hall–Kier alpha value is -4.06. The number of imidazole rings is 1. The van der Waals surface area contributed by atoms with Crippen LogP contribution in [-0.4, -0.2) is 29.9 Å². The van der Waals surface area contributed by atoms with Gasteiger partial charge in [-0.15, -0.1) is 0 Å². The molecule has 0 spiro atoms. The van der Waals surface area contributed by atoms with Crippen molar-refractivity contribution in [3.8, 4) is 33.8 Å². The average molecular weight is 392 g/mol. The van der Waals surface area contributed by atoms with Crippen LogP contribution < -0.4 is 0 Å². The van der Waals surface area contributed by atoms with Crippen LogP contribution in [-0.2, 0) is 13.0 Å². The molecule has 0 fully saturated rings. The van der Waals surface area contributed by atoms with Gasteiger partial charge in [-0.1, -0.05) is 54.6 Å². The van der Waals surface area contributed by atoms with Crippen LogP contribution in [0.5, 0.6) is 0 Å². The van der Waals surface area contributed by atoms with Crippen LogP contribution >= 0.6 is 0 Å². The molecule has 30 heavy (non-hydrogen) atoms. The topological polar surface area (TPSA) is 72.3 Å². The minimum absolute atomic E-state index is 0.788. The number of H-pyrrole nitrogens is 1. The summed E-state index contributed by atoms with van der Waals surface area (Å²) in [6, 6.07) is 23.0. The highest BCUT2D eigenvalue weighted by molar-refractivity contribution is 5.67. The molecule has 0 saturated heterocycles. The van der Waals surface area contributed by atoms with Gasteiger partial charge in [0.1, 0.15) is 11.4 Å². The number of nitrogens with zero attached hydrogens (tertiary/aromatic N) is 5. The Morgan fingerprint density at radius 3 is 2.53 bits per heavy atom. The highest BCUT2D eigenvalue weighted by atomic mass is 15.3. The van der Waals surface area contributed by atoms with E-state index in [1.165, 1.54) is 16.7 Å². The molecular weight excluding hydrogens is 372 g/mol. The zero-order valence-corrected chi connectivity index (χ0v) is 16.3. The number of hydrogen-bond acceptors (Lipinski definition) is 4. The molecule has 0 aliphatic rings. The average Bonchev–Trinajstić information content (AvgIpc) is 3.51. The number of aryl methyl sites for hydroxylation is 2. The van der Waals surface area contributed by atoms with E-state index in [4.69, 9.17) is 0 Å². The smallest absolute Gasteiger partial charge is 0.112 e. The van der Waals surface area contributed by atoms with E-state index in [2.05, 4.69) is 78.5 Å². The molecule has 0 aliphatic carbocycles. The minimum atomic E-state index is 0.788. The van der Waals surface area contributed by atoms with Gasteiger partial charge in [-0.05, 0) is 35.2 Å². The first-order valence-corrected chi connectivity index (χ1v) is 9.84. The van der Waals surface area contributed by atoms with Crippen molar-refractivity contribution < 1.29 is 0 Å². The molecule has 0 aliphatic heterocycles. The van der Waals surface area contributed by atoms with Gasteiger partial charge in [-0.2, -0.15) is 15.4 Å². The molecule has 3 heterocycles. The molecule has 0 unspecified atom stereocenters. The molecule has 6 heteroatoms. The lowest BCUT2D eigenvalue weighted by atomic mass is 9.98. The predicted molar refractivity (Wildman–Crippen MR) is 116 cm³/mol. The van der Waals surface area contributed by atoms with Crippen LogP contribution in [0.25, 0.3) is 33.8 Å². The largest absolute Gasteiger partial charge is 0.336 e. The lowest BCUT2D eigenvalue weighted by molar-refractivity contribution is 0.696. The Labute approximate surface area is 174 Å². The first kappa shape index (κ1) is 18.0. The monoisotopic (exact) mass is 392 g/mol. The molecule has 146 valence electrons. The van der Waals surface area contributed by atoms with E-state index >= 15 is 0 Å². The molecule has 1 N–H and O–H groups in total. The Bertz CT molecular complexity index is 1240. The number of pyridine rings is 1. The molecule has 5 rings (SSSR count). The fourth-order valence-electron chi connectivity index (χ4n) is 3.57. The van der Waals surface area contributed by atoms with Gasteiger partial charge in [0.05, 0.1) is 18.2 Å². The van der Waals surface area contributed by atoms with E-state index in [1.807, 2.05) is 30.7 Å². The number of nitrogens with one attached hydrogen (secondary N) is 1. The van der Waals surface area contributed by atoms with Crippen molar-refractivity contribution in [2.24, 2.45) is 0 Å². The quantitative estimate of drug-likeness (QED) is 0.457. The van der Waals surface area contributed by atoms with E-state index in [0.717, 1.165) is 35.6 Å². The first-order valence-electron chi connectivity index (χ1n) is 9.84. The maximum absolute atomic E-state index is 4.56. The van der Waals surface area contributed by atoms with Gasteiger partial charge >= 0.3 is 0 Å². The van der Waals surface area contributed by atoms with E-state index in [0.29, 0.717) is 0 Å². The first-order chi connectivity index (χ1) is 14.9. The minimum Gasteiger partial charge on any atom is -0.336 e. The van der Waals surface area contributed by atoms with Crippen LogP contribution in [0.2, 0.25) is 0 Å². The molecule has 6 nitrogen and oxygen atoms in total. The highest BCUT2D eigenvalue weighted by Gasteiger charge is 2.09. The second-order valence-electron chi connectivity index (χ2n) is 7.05. The normalized spacial score (nSPS) is 10.9. The molecule has 2 aromatic carbocycles. The summed E-state index contributed by atoms with van der Waals surface area (Å²) < 4.78 is 2.11. The van der Waals surface area contributed by atoms with Gasteiger partial charge in [-0.25, -0.2) is 4.98 Å². The third-order valence-electron chi connectivity index (χ3n) is 5.11. The third-order valence-corrected chi connectivity index (χ3v) is 5.11. The van der Waals surface area contributed by atoms with Crippen LogP contribution in [0.1, 0.15) is 5.56 Å². The second-order valence-corrected chi connectivity index (χ2v) is 7.05. The number of rotatable bonds is 6. The van der Waals surface area contributed by atoms with E-state index in [1.54, 1.807) is 12.4 Å². The van der Waals surface area contributed by atoms with Crippen molar-refractivity contribution in [1.82, 2.24) is 29.9 Å². The van der Waals surface area contributed by atoms with Gasteiger partial charge in [0.25, 0.3) is 0 Å². The lowest BCUT2D eigenvalue weighted by Crippen LogP contribution is -2.00. The van der Waals surface area contributed by atoms with Crippen LogP contribution in [0.3, 0.4) is 0 Å². The van der Waals surface area contributed by atoms with Crippen LogP contribution in [0.4, 0.5) is 0 Å². The second kappa shape index (κ2) is 8.13. The SMILES string of the molecule is c1ccc(-c2ccccc2CCn2cnc(-c3cc(-c4cn[nH]n4)ccn3)c2)cc1. The number of hydrogen-bond donors (Lipinski definition) is 1. The van der Waals surface area contributed by atoms with Crippen molar-refractivity contribution in [3.63, 3.8) is 0 Å². The van der Waals surface area contributed by atoms with Crippen molar-refractivity contribution in [3.05, 3.63) is 97.2 Å². The van der Waals surface area contributed by atoms with E-state index in [9.17, 15) is 0 Å². The molecule has 0 amide bonds. The molecule has 3 aromatic heterocycles. The Morgan fingerprint density at radius 1 is 0.800 bits per heavy atom. The molecule has 0 radical (unpaired) electrons. The van der Waals surface area contributed by atoms with Crippen LogP contribution in [0, 0.1) is 0 Å². The fraction of sp³-hybridized carbons (Fsp3) is 0.0833. The van der Waals surface area contributed by atoms with Crippen molar-refractivity contribution >= 4 is 0 Å². The molecular formula is C24H20N6. The van der Waals surface area contributed by atoms with Gasteiger partial charge in [0.15, 0.2) is 0 Å². The number of benzene rings is 2. The van der Waals surface area contributed by atoms with Crippen LogP contribution in [0.15, 0.2) is 91.6 Å². The summed E-state index contributed by atoms with van der Waals surface area (Å²) in [6.07, 6.45) is 8.30. The standard InChI is InChI=1S/C24H20N6/c1-2-6-18(7-3-1)21-9-5-4-8-19(21)11-13-30-16-24(26-17-30)22-14-20(10-12-25-22)23-15-27-29-28-23/h1-10,12,14-17H,11,13H2,(H,27,28,29). The summed E-state index contributed by atoms with van der Waals surface area (Å²) in [5.41, 5.74) is 7.25. The molecule has 5 aromatic rings. The van der Waals surface area contributed by atoms with Crippen molar-refractivity contribution in [2.45, 2.75) is 13.0 Å². The lowest BCUT2D eigenvalue weighted by Gasteiger charge is -2.10. The van der Waals surface area contributed by atoms with Gasteiger partial charge < -0.3 is 4.57 Å². The maximum Gasteiger partial charge on any atom is 0.112 e. The zero-order chi connectivity index (χ0) is 20.2. The molecule has 0 saturated carbocycles. The summed E-state index contributed by atoms with van der Waals surface area (Å²) in [7, 11) is 0. The summed E-state index contributed by atoms with van der Waals surface area (Å²) in [4.78, 5) is 9.03. The molecule has 0 atom stereocenters. The Kier molecular flexibility index (Phi) is 4.88. The summed E-state index contributed by atoms with van der Waals surface area (Å²) in [5.74, 6) is 0. The van der Waals surface area contributed by atoms with Gasteiger partial charge in [0, 0.05) is 24.5 Å². The third kappa shape index (κ3) is 3.75. The van der Waals surface area contributed by atoms with Gasteiger partial charge in [0.2, 0.25) is 0 Å². The number of aromatic amines is 1. The number of aromatic nitrogens is 6. The molecule has 0 bridgehead atoms. The predicted octanol–water partition coefficient (Wildman–Crippen LogP) is 4.64. The summed E-state index contributed by atoms with van der Waals surface area (Å²) in [6.45, 7) is 0.847. The fourth-order valence-corrected chi connectivity index (χ4v) is 3.57. The Balaban J connectivity index is 1.34. The van der Waals surface area contributed by atoms with E-state index < -0.39 is 0 Å². The Morgan fingerprint density at radius 2 is 1.67 bits per heavy atom. The van der Waals surface area contributed by atoms with E-state index in [-0.39, 0.29) is 0 Å². The van der Waals surface area contributed by atoms with Gasteiger partial charge in [-0.3, -0.25) is 4.98 Å². The summed E-state index contributed by atoms with van der Waals surface area (Å²) in [5, 5.41) is 10.6. The van der Waals surface area contributed by atoms with Crippen molar-refractivity contribution in [1.29, 1.82) is 0 Å².